The number of benzene rings is 3. The summed E-state index contributed by atoms with van der Waals surface area (Å²) in [5, 5.41) is 8.65. The summed E-state index contributed by atoms with van der Waals surface area (Å²) in [7, 11) is 0. The van der Waals surface area contributed by atoms with Crippen molar-refractivity contribution in [1.82, 2.24) is 5.32 Å². The molecule has 0 aliphatic carbocycles. The summed E-state index contributed by atoms with van der Waals surface area (Å²) in [5.41, 5.74) is 2.77. The molecule has 0 radical (unpaired) electrons. The average molecular weight is 389 g/mol. The second-order valence-electron chi connectivity index (χ2n) is 6.07. The highest BCUT2D eigenvalue weighted by Gasteiger charge is 2.08. The minimum Gasteiger partial charge on any atom is -0.332 e. The highest BCUT2D eigenvalue weighted by atomic mass is 32.1. The molecule has 0 saturated heterocycles. The molecular formula is C22H19N3O2S. The summed E-state index contributed by atoms with van der Waals surface area (Å²) in [6.45, 7) is 0. The fourth-order valence-corrected chi connectivity index (χ4v) is 2.81. The number of carbonyl (C=O) groups is 2. The van der Waals surface area contributed by atoms with Gasteiger partial charge in [-0.3, -0.25) is 9.59 Å². The van der Waals surface area contributed by atoms with Gasteiger partial charge >= 0.3 is 0 Å². The molecule has 0 aliphatic heterocycles. The highest BCUT2D eigenvalue weighted by molar-refractivity contribution is 7.80. The van der Waals surface area contributed by atoms with Gasteiger partial charge < -0.3 is 16.0 Å². The normalized spacial score (nSPS) is 10.0. The Labute approximate surface area is 168 Å². The zero-order valence-corrected chi connectivity index (χ0v) is 15.8. The molecule has 6 heteroatoms. The summed E-state index contributed by atoms with van der Waals surface area (Å²) in [4.78, 5) is 24.3. The van der Waals surface area contributed by atoms with Crippen molar-refractivity contribution in [2.45, 2.75) is 6.42 Å². The molecule has 0 saturated carbocycles. The third-order valence-electron chi connectivity index (χ3n) is 3.87. The van der Waals surface area contributed by atoms with Crippen LogP contribution in [-0.4, -0.2) is 16.9 Å². The minimum absolute atomic E-state index is 0.197. The molecule has 0 fully saturated rings. The van der Waals surface area contributed by atoms with E-state index in [1.807, 2.05) is 48.5 Å². The number of hydrogen-bond donors (Lipinski definition) is 3. The third-order valence-corrected chi connectivity index (χ3v) is 4.08. The first-order valence-electron chi connectivity index (χ1n) is 8.71. The second-order valence-corrected chi connectivity index (χ2v) is 6.47. The predicted octanol–water partition coefficient (Wildman–Crippen LogP) is 3.99. The van der Waals surface area contributed by atoms with Crippen LogP contribution in [-0.2, 0) is 11.2 Å². The van der Waals surface area contributed by atoms with E-state index in [1.54, 1.807) is 36.4 Å². The van der Waals surface area contributed by atoms with Gasteiger partial charge in [0.25, 0.3) is 5.91 Å². The number of anilines is 2. The van der Waals surface area contributed by atoms with Crippen LogP contribution < -0.4 is 16.0 Å². The number of amides is 2. The van der Waals surface area contributed by atoms with E-state index in [1.165, 1.54) is 0 Å². The van der Waals surface area contributed by atoms with Gasteiger partial charge in [0.1, 0.15) is 0 Å². The molecular weight excluding hydrogens is 370 g/mol. The first-order chi connectivity index (χ1) is 13.6. The van der Waals surface area contributed by atoms with Crippen molar-refractivity contribution in [3.8, 4) is 0 Å². The maximum absolute atomic E-state index is 12.3. The molecule has 0 aromatic heterocycles. The van der Waals surface area contributed by atoms with Crippen LogP contribution in [0.2, 0.25) is 0 Å². The number of carbonyl (C=O) groups excluding carboxylic acids is 2. The van der Waals surface area contributed by atoms with Gasteiger partial charge in [0, 0.05) is 16.9 Å². The maximum Gasteiger partial charge on any atom is 0.255 e. The molecule has 0 aliphatic rings. The zero-order valence-electron chi connectivity index (χ0n) is 15.0. The number of rotatable bonds is 5. The van der Waals surface area contributed by atoms with Gasteiger partial charge in [-0.2, -0.15) is 0 Å². The molecule has 2 amide bonds. The lowest BCUT2D eigenvalue weighted by Gasteiger charge is -2.11. The van der Waals surface area contributed by atoms with Crippen molar-refractivity contribution in [1.29, 1.82) is 0 Å². The van der Waals surface area contributed by atoms with Crippen molar-refractivity contribution in [3.63, 3.8) is 0 Å². The molecule has 0 bridgehead atoms. The minimum atomic E-state index is -0.198. The summed E-state index contributed by atoms with van der Waals surface area (Å²) < 4.78 is 0. The highest BCUT2D eigenvalue weighted by Crippen LogP contribution is 2.16. The Bertz CT molecular complexity index is 975. The van der Waals surface area contributed by atoms with Crippen LogP contribution in [0.3, 0.4) is 0 Å². The summed E-state index contributed by atoms with van der Waals surface area (Å²) in [5.74, 6) is -0.395. The van der Waals surface area contributed by atoms with E-state index in [0.717, 1.165) is 5.56 Å². The maximum atomic E-state index is 12.3. The second kappa shape index (κ2) is 9.43. The molecule has 0 heterocycles. The lowest BCUT2D eigenvalue weighted by molar-refractivity contribution is -0.119. The largest absolute Gasteiger partial charge is 0.332 e. The van der Waals surface area contributed by atoms with Gasteiger partial charge in [-0.05, 0) is 48.1 Å². The van der Waals surface area contributed by atoms with E-state index in [-0.39, 0.29) is 23.3 Å². The van der Waals surface area contributed by atoms with Gasteiger partial charge in [-0.1, -0.05) is 54.6 Å². The Hall–Kier alpha value is -3.51. The van der Waals surface area contributed by atoms with E-state index in [4.69, 9.17) is 12.2 Å². The molecule has 5 nitrogen and oxygen atoms in total. The van der Waals surface area contributed by atoms with Crippen molar-refractivity contribution in [3.05, 3.63) is 96.1 Å². The molecule has 0 atom stereocenters. The quantitative estimate of drug-likeness (QED) is 0.577. The topological polar surface area (TPSA) is 70.2 Å². The first kappa shape index (κ1) is 19.3. The van der Waals surface area contributed by atoms with Gasteiger partial charge in [-0.25, -0.2) is 0 Å². The molecule has 3 aromatic rings. The van der Waals surface area contributed by atoms with E-state index < -0.39 is 0 Å². The van der Waals surface area contributed by atoms with Crippen LogP contribution in [0.4, 0.5) is 11.4 Å². The van der Waals surface area contributed by atoms with Crippen LogP contribution in [0.25, 0.3) is 0 Å². The molecule has 3 rings (SSSR count). The van der Waals surface area contributed by atoms with Crippen molar-refractivity contribution >= 4 is 40.5 Å². The average Bonchev–Trinajstić information content (AvgIpc) is 2.69. The Kier molecular flexibility index (Phi) is 6.49. The Morgan fingerprint density at radius 1 is 0.750 bits per heavy atom. The van der Waals surface area contributed by atoms with Gasteiger partial charge in [0.2, 0.25) is 5.91 Å². The SMILES string of the molecule is O=C(Cc1ccccc1)NC(=S)Nc1cccc(NC(=O)c2ccccc2)c1. The smallest absolute Gasteiger partial charge is 0.255 e. The van der Waals surface area contributed by atoms with Gasteiger partial charge in [0.05, 0.1) is 6.42 Å². The lowest BCUT2D eigenvalue weighted by atomic mass is 10.1. The van der Waals surface area contributed by atoms with E-state index in [9.17, 15) is 9.59 Å². The molecule has 0 unspecified atom stereocenters. The summed E-state index contributed by atoms with van der Waals surface area (Å²) in [6, 6.07) is 25.5. The predicted molar refractivity (Wildman–Crippen MR) is 115 cm³/mol. The van der Waals surface area contributed by atoms with Gasteiger partial charge in [0.15, 0.2) is 5.11 Å². The zero-order chi connectivity index (χ0) is 19.8. The van der Waals surface area contributed by atoms with Crippen LogP contribution in [0.15, 0.2) is 84.9 Å². The van der Waals surface area contributed by atoms with Crippen LogP contribution in [0, 0.1) is 0 Å². The number of nitrogens with one attached hydrogen (secondary N) is 3. The molecule has 3 N–H and O–H groups in total. The standard InChI is InChI=1S/C22H19N3O2S/c26-20(14-16-8-3-1-4-9-16)25-22(28)24-19-13-7-12-18(15-19)23-21(27)17-10-5-2-6-11-17/h1-13,15H,14H2,(H,23,27)(H2,24,25,26,28). The first-order valence-corrected chi connectivity index (χ1v) is 9.12. The summed E-state index contributed by atoms with van der Waals surface area (Å²) >= 11 is 5.21. The Balaban J connectivity index is 1.55. The van der Waals surface area contributed by atoms with Crippen molar-refractivity contribution in [2.75, 3.05) is 10.6 Å². The third kappa shape index (κ3) is 5.75. The molecule has 140 valence electrons. The fourth-order valence-electron chi connectivity index (χ4n) is 2.58. The van der Waals surface area contributed by atoms with E-state index in [2.05, 4.69) is 16.0 Å². The summed E-state index contributed by atoms with van der Waals surface area (Å²) in [6.07, 6.45) is 0.246. The van der Waals surface area contributed by atoms with Crippen LogP contribution >= 0.6 is 12.2 Å². The Morgan fingerprint density at radius 2 is 1.36 bits per heavy atom. The molecule has 0 spiro atoms. The Morgan fingerprint density at radius 3 is 2.04 bits per heavy atom. The molecule has 28 heavy (non-hydrogen) atoms. The van der Waals surface area contributed by atoms with Crippen molar-refractivity contribution in [2.24, 2.45) is 0 Å². The molecule has 3 aromatic carbocycles. The van der Waals surface area contributed by atoms with Crippen LogP contribution in [0.1, 0.15) is 15.9 Å². The number of hydrogen-bond acceptors (Lipinski definition) is 3. The van der Waals surface area contributed by atoms with Gasteiger partial charge in [-0.15, -0.1) is 0 Å². The van der Waals surface area contributed by atoms with Crippen LogP contribution in [0.5, 0.6) is 0 Å². The lowest BCUT2D eigenvalue weighted by Crippen LogP contribution is -2.35. The monoisotopic (exact) mass is 389 g/mol. The number of thiocarbonyl (C=S) groups is 1. The fraction of sp³-hybridized carbons (Fsp3) is 0.0455. The van der Waals surface area contributed by atoms with Crippen molar-refractivity contribution < 1.29 is 9.59 Å². The van der Waals surface area contributed by atoms with E-state index >= 15 is 0 Å². The van der Waals surface area contributed by atoms with E-state index in [0.29, 0.717) is 16.9 Å².